The number of hydrogen-bond donors (Lipinski definition) is 2. The topological polar surface area (TPSA) is 84.1 Å². The summed E-state index contributed by atoms with van der Waals surface area (Å²) in [5.74, 6) is 0.782. The van der Waals surface area contributed by atoms with Gasteiger partial charge in [-0.15, -0.1) is 0 Å². The van der Waals surface area contributed by atoms with E-state index in [4.69, 9.17) is 5.73 Å². The number of pyridine rings is 2. The first kappa shape index (κ1) is 21.7. The van der Waals surface area contributed by atoms with Gasteiger partial charge in [-0.2, -0.15) is 0 Å². The SMILES string of the molecule is Nc1cnc2c(c1)CN(Cc1ccc(C(=O)NCCSSc3ccccn3)cc1)CC2. The largest absolute Gasteiger partial charge is 0.397 e. The third kappa shape index (κ3) is 6.22. The number of aromatic nitrogens is 2. The van der Waals surface area contributed by atoms with E-state index >= 15 is 0 Å². The van der Waals surface area contributed by atoms with E-state index in [1.165, 1.54) is 11.1 Å². The minimum atomic E-state index is -0.0385. The summed E-state index contributed by atoms with van der Waals surface area (Å²) in [6.07, 6.45) is 4.45. The van der Waals surface area contributed by atoms with Crippen molar-refractivity contribution in [3.05, 3.63) is 83.3 Å². The molecule has 0 saturated carbocycles. The molecule has 1 aromatic carbocycles. The Morgan fingerprint density at radius 1 is 1.16 bits per heavy atom. The number of rotatable bonds is 8. The molecular weight excluding hydrogens is 426 g/mol. The fraction of sp³-hybridized carbons (Fsp3) is 0.261. The molecule has 2 aromatic heterocycles. The van der Waals surface area contributed by atoms with Crippen LogP contribution in [0.25, 0.3) is 0 Å². The fourth-order valence-corrected chi connectivity index (χ4v) is 5.25. The predicted molar refractivity (Wildman–Crippen MR) is 128 cm³/mol. The van der Waals surface area contributed by atoms with E-state index < -0.39 is 0 Å². The Bertz CT molecular complexity index is 1010. The number of carbonyl (C=O) groups excluding carboxylic acids is 1. The zero-order chi connectivity index (χ0) is 21.5. The van der Waals surface area contributed by atoms with Crippen LogP contribution in [-0.4, -0.2) is 39.6 Å². The summed E-state index contributed by atoms with van der Waals surface area (Å²) < 4.78 is 0. The van der Waals surface area contributed by atoms with Gasteiger partial charge in [-0.05, 0) is 52.3 Å². The number of carbonyl (C=O) groups is 1. The summed E-state index contributed by atoms with van der Waals surface area (Å²) in [5, 5.41) is 3.96. The Morgan fingerprint density at radius 2 is 2.03 bits per heavy atom. The molecule has 0 spiro atoms. The molecule has 31 heavy (non-hydrogen) atoms. The lowest BCUT2D eigenvalue weighted by Crippen LogP contribution is -2.30. The number of amides is 1. The van der Waals surface area contributed by atoms with Crippen molar-refractivity contribution >= 4 is 33.2 Å². The van der Waals surface area contributed by atoms with Crippen LogP contribution in [-0.2, 0) is 19.5 Å². The maximum absolute atomic E-state index is 12.4. The first-order chi connectivity index (χ1) is 15.2. The highest BCUT2D eigenvalue weighted by Crippen LogP contribution is 2.28. The molecule has 3 aromatic rings. The van der Waals surface area contributed by atoms with E-state index in [0.717, 1.165) is 42.5 Å². The second-order valence-electron chi connectivity index (χ2n) is 7.36. The van der Waals surface area contributed by atoms with Crippen LogP contribution in [0, 0.1) is 0 Å². The summed E-state index contributed by atoms with van der Waals surface area (Å²) in [5.41, 5.74) is 10.8. The monoisotopic (exact) mass is 451 g/mol. The van der Waals surface area contributed by atoms with Crippen molar-refractivity contribution in [2.24, 2.45) is 0 Å². The highest BCUT2D eigenvalue weighted by Gasteiger charge is 2.17. The quantitative estimate of drug-likeness (QED) is 0.398. The Labute approximate surface area is 190 Å². The van der Waals surface area contributed by atoms with Crippen LogP contribution in [0.2, 0.25) is 0 Å². The molecular formula is C23H25N5OS2. The van der Waals surface area contributed by atoms with Crippen LogP contribution >= 0.6 is 21.6 Å². The van der Waals surface area contributed by atoms with E-state index in [2.05, 4.69) is 20.2 Å². The second kappa shape index (κ2) is 10.7. The maximum atomic E-state index is 12.4. The average Bonchev–Trinajstić information content (AvgIpc) is 2.79. The molecule has 0 fully saturated rings. The molecule has 0 radical (unpaired) electrons. The summed E-state index contributed by atoms with van der Waals surface area (Å²) >= 11 is 0. The fourth-order valence-electron chi connectivity index (χ4n) is 3.46. The van der Waals surface area contributed by atoms with Crippen LogP contribution in [0.1, 0.15) is 27.2 Å². The van der Waals surface area contributed by atoms with E-state index in [0.29, 0.717) is 17.8 Å². The Kier molecular flexibility index (Phi) is 7.45. The van der Waals surface area contributed by atoms with E-state index in [9.17, 15) is 4.79 Å². The number of nitrogens with one attached hydrogen (secondary N) is 1. The number of benzene rings is 1. The molecule has 0 unspecified atom stereocenters. The average molecular weight is 452 g/mol. The van der Waals surface area contributed by atoms with Crippen molar-refractivity contribution in [3.8, 4) is 0 Å². The van der Waals surface area contributed by atoms with Gasteiger partial charge in [0.25, 0.3) is 5.91 Å². The first-order valence-electron chi connectivity index (χ1n) is 10.2. The summed E-state index contributed by atoms with van der Waals surface area (Å²) in [4.78, 5) is 23.5. The van der Waals surface area contributed by atoms with E-state index in [-0.39, 0.29) is 5.91 Å². The van der Waals surface area contributed by atoms with Gasteiger partial charge in [-0.1, -0.05) is 29.0 Å². The van der Waals surface area contributed by atoms with Crippen LogP contribution in [0.4, 0.5) is 5.69 Å². The van der Waals surface area contributed by atoms with Gasteiger partial charge in [-0.25, -0.2) is 4.98 Å². The van der Waals surface area contributed by atoms with Gasteiger partial charge in [0, 0.05) is 55.8 Å². The lowest BCUT2D eigenvalue weighted by molar-refractivity contribution is 0.0956. The minimum absolute atomic E-state index is 0.0385. The highest BCUT2D eigenvalue weighted by atomic mass is 33.1. The third-order valence-electron chi connectivity index (χ3n) is 5.02. The highest BCUT2D eigenvalue weighted by molar-refractivity contribution is 8.76. The molecule has 0 bridgehead atoms. The van der Waals surface area contributed by atoms with Gasteiger partial charge in [0.05, 0.1) is 11.9 Å². The number of nitrogen functional groups attached to an aromatic ring is 1. The van der Waals surface area contributed by atoms with Crippen molar-refractivity contribution in [1.82, 2.24) is 20.2 Å². The van der Waals surface area contributed by atoms with Gasteiger partial charge in [-0.3, -0.25) is 14.7 Å². The van der Waals surface area contributed by atoms with Gasteiger partial charge in [0.2, 0.25) is 0 Å². The Balaban J connectivity index is 1.21. The minimum Gasteiger partial charge on any atom is -0.397 e. The van der Waals surface area contributed by atoms with E-state index in [1.807, 2.05) is 48.5 Å². The van der Waals surface area contributed by atoms with Gasteiger partial charge in [0.15, 0.2) is 0 Å². The zero-order valence-corrected chi connectivity index (χ0v) is 18.8. The number of nitrogens with two attached hydrogens (primary N) is 1. The van der Waals surface area contributed by atoms with Crippen LogP contribution < -0.4 is 11.1 Å². The third-order valence-corrected chi connectivity index (χ3v) is 7.28. The Morgan fingerprint density at radius 3 is 2.84 bits per heavy atom. The first-order valence-corrected chi connectivity index (χ1v) is 12.5. The van der Waals surface area contributed by atoms with Crippen molar-refractivity contribution in [2.75, 3.05) is 24.6 Å². The predicted octanol–water partition coefficient (Wildman–Crippen LogP) is 3.79. The van der Waals surface area contributed by atoms with Crippen LogP contribution in [0.5, 0.6) is 0 Å². The van der Waals surface area contributed by atoms with Crippen molar-refractivity contribution < 1.29 is 4.79 Å². The molecule has 1 aliphatic heterocycles. The second-order valence-corrected chi connectivity index (χ2v) is 9.80. The standard InChI is InChI=1S/C23H25N5OS2/c24-20-13-19-16-28(11-8-21(19)27-14-20)15-17-4-6-18(7-5-17)23(29)26-10-12-30-31-22-3-1-2-9-25-22/h1-7,9,13-14H,8,10-12,15-16,24H2,(H,26,29). The molecule has 6 nitrogen and oxygen atoms in total. The number of anilines is 1. The van der Waals surface area contributed by atoms with Crippen molar-refractivity contribution in [1.29, 1.82) is 0 Å². The van der Waals surface area contributed by atoms with Crippen LogP contribution in [0.15, 0.2) is 66.0 Å². The number of fused-ring (bicyclic) bond motifs is 1. The van der Waals surface area contributed by atoms with Crippen LogP contribution in [0.3, 0.4) is 0 Å². The van der Waals surface area contributed by atoms with Crippen molar-refractivity contribution in [2.45, 2.75) is 24.5 Å². The molecule has 3 N–H and O–H groups in total. The molecule has 0 aliphatic carbocycles. The number of hydrogen-bond acceptors (Lipinski definition) is 7. The zero-order valence-electron chi connectivity index (χ0n) is 17.2. The molecule has 1 amide bonds. The van der Waals surface area contributed by atoms with Gasteiger partial charge >= 0.3 is 0 Å². The maximum Gasteiger partial charge on any atom is 0.251 e. The van der Waals surface area contributed by atoms with Crippen molar-refractivity contribution in [3.63, 3.8) is 0 Å². The molecule has 1 aliphatic rings. The Hall–Kier alpha value is -2.55. The lowest BCUT2D eigenvalue weighted by atomic mass is 10.0. The normalized spacial score (nSPS) is 13.5. The smallest absolute Gasteiger partial charge is 0.251 e. The lowest BCUT2D eigenvalue weighted by Gasteiger charge is -2.28. The molecule has 0 saturated heterocycles. The summed E-state index contributed by atoms with van der Waals surface area (Å²) in [6.45, 7) is 3.29. The summed E-state index contributed by atoms with van der Waals surface area (Å²) in [6, 6.07) is 15.7. The van der Waals surface area contributed by atoms with E-state index in [1.54, 1.807) is 34.0 Å². The van der Waals surface area contributed by atoms with Gasteiger partial charge < -0.3 is 11.1 Å². The molecule has 160 valence electrons. The molecule has 0 atom stereocenters. The van der Waals surface area contributed by atoms with Gasteiger partial charge in [0.1, 0.15) is 5.03 Å². The molecule has 3 heterocycles. The molecule has 8 heteroatoms. The molecule has 4 rings (SSSR count). The number of nitrogens with zero attached hydrogens (tertiary/aromatic N) is 3. The summed E-state index contributed by atoms with van der Waals surface area (Å²) in [7, 11) is 3.30.